The SMILES string of the molecule is CCS(=O)(=O)N1CC[C@H](NC(=O)c2cc(C3CC3)on2)C[C@H]1C. The fourth-order valence-corrected chi connectivity index (χ4v) is 4.43. The molecule has 1 saturated carbocycles. The molecular weight excluding hydrogens is 318 g/mol. The zero-order valence-electron chi connectivity index (χ0n) is 13.5. The van der Waals surface area contributed by atoms with E-state index in [9.17, 15) is 13.2 Å². The van der Waals surface area contributed by atoms with Gasteiger partial charge >= 0.3 is 0 Å². The maximum absolute atomic E-state index is 12.2. The van der Waals surface area contributed by atoms with Gasteiger partial charge in [-0.2, -0.15) is 4.31 Å². The lowest BCUT2D eigenvalue weighted by Gasteiger charge is -2.36. The van der Waals surface area contributed by atoms with Crippen LogP contribution in [-0.4, -0.2) is 48.2 Å². The number of carbonyl (C=O) groups excluding carboxylic acids is 1. The molecular formula is C15H23N3O4S. The fourth-order valence-electron chi connectivity index (χ4n) is 3.08. The zero-order chi connectivity index (χ0) is 16.6. The van der Waals surface area contributed by atoms with Gasteiger partial charge in [0.2, 0.25) is 10.0 Å². The van der Waals surface area contributed by atoms with E-state index in [0.717, 1.165) is 18.6 Å². The lowest BCUT2D eigenvalue weighted by molar-refractivity contribution is 0.0905. The normalized spacial score (nSPS) is 26.2. The van der Waals surface area contributed by atoms with E-state index in [-0.39, 0.29) is 23.7 Å². The second-order valence-electron chi connectivity index (χ2n) is 6.44. The maximum Gasteiger partial charge on any atom is 0.273 e. The number of amides is 1. The van der Waals surface area contributed by atoms with Gasteiger partial charge in [0.1, 0.15) is 5.76 Å². The van der Waals surface area contributed by atoms with Crippen LogP contribution in [0.1, 0.15) is 61.7 Å². The molecule has 1 amide bonds. The molecule has 23 heavy (non-hydrogen) atoms. The van der Waals surface area contributed by atoms with Crippen LogP contribution in [0.2, 0.25) is 0 Å². The lowest BCUT2D eigenvalue weighted by Crippen LogP contribution is -2.51. The van der Waals surface area contributed by atoms with Gasteiger partial charge in [0.05, 0.1) is 5.75 Å². The van der Waals surface area contributed by atoms with E-state index in [4.69, 9.17) is 4.52 Å². The Kier molecular flexibility index (Phi) is 4.46. The topological polar surface area (TPSA) is 92.5 Å². The predicted molar refractivity (Wildman–Crippen MR) is 84.6 cm³/mol. The number of nitrogens with zero attached hydrogens (tertiary/aromatic N) is 2. The van der Waals surface area contributed by atoms with Crippen LogP contribution in [0.15, 0.2) is 10.6 Å². The Hall–Kier alpha value is -1.41. The minimum Gasteiger partial charge on any atom is -0.360 e. The molecule has 0 bridgehead atoms. The summed E-state index contributed by atoms with van der Waals surface area (Å²) in [6.45, 7) is 3.97. The number of aromatic nitrogens is 1. The molecule has 1 saturated heterocycles. The lowest BCUT2D eigenvalue weighted by atomic mass is 10.0. The largest absolute Gasteiger partial charge is 0.360 e. The number of hydrogen-bond acceptors (Lipinski definition) is 5. The molecule has 128 valence electrons. The van der Waals surface area contributed by atoms with Crippen molar-refractivity contribution in [3.8, 4) is 0 Å². The van der Waals surface area contributed by atoms with Crippen molar-refractivity contribution in [3.63, 3.8) is 0 Å². The molecule has 1 aliphatic heterocycles. The summed E-state index contributed by atoms with van der Waals surface area (Å²) in [5.41, 5.74) is 0.308. The third-order valence-corrected chi connectivity index (χ3v) is 6.60. The second kappa shape index (κ2) is 6.24. The number of nitrogens with one attached hydrogen (secondary N) is 1. The van der Waals surface area contributed by atoms with E-state index in [1.165, 1.54) is 4.31 Å². The molecule has 0 radical (unpaired) electrons. The van der Waals surface area contributed by atoms with E-state index in [1.54, 1.807) is 13.0 Å². The van der Waals surface area contributed by atoms with Crippen LogP contribution in [0.3, 0.4) is 0 Å². The average molecular weight is 341 g/mol. The van der Waals surface area contributed by atoms with Gasteiger partial charge < -0.3 is 9.84 Å². The molecule has 3 rings (SSSR count). The van der Waals surface area contributed by atoms with Crippen molar-refractivity contribution in [1.82, 2.24) is 14.8 Å². The summed E-state index contributed by atoms with van der Waals surface area (Å²) in [5.74, 6) is 1.07. The van der Waals surface area contributed by atoms with Crippen LogP contribution in [0.25, 0.3) is 0 Å². The van der Waals surface area contributed by atoms with Crippen LogP contribution in [0.5, 0.6) is 0 Å². The molecule has 2 heterocycles. The number of piperidine rings is 1. The quantitative estimate of drug-likeness (QED) is 0.876. The van der Waals surface area contributed by atoms with Crippen molar-refractivity contribution in [2.24, 2.45) is 0 Å². The van der Waals surface area contributed by atoms with Crippen LogP contribution in [-0.2, 0) is 10.0 Å². The Morgan fingerprint density at radius 1 is 1.43 bits per heavy atom. The Morgan fingerprint density at radius 2 is 2.17 bits per heavy atom. The van der Waals surface area contributed by atoms with Crippen LogP contribution in [0.4, 0.5) is 0 Å². The van der Waals surface area contributed by atoms with E-state index in [2.05, 4.69) is 10.5 Å². The van der Waals surface area contributed by atoms with E-state index < -0.39 is 10.0 Å². The number of sulfonamides is 1. The Labute approximate surface area is 136 Å². The number of hydrogen-bond donors (Lipinski definition) is 1. The van der Waals surface area contributed by atoms with Crippen molar-refractivity contribution in [2.75, 3.05) is 12.3 Å². The average Bonchev–Trinajstić information content (AvgIpc) is 3.24. The molecule has 0 spiro atoms. The highest BCUT2D eigenvalue weighted by Crippen LogP contribution is 2.40. The third-order valence-electron chi connectivity index (χ3n) is 4.61. The van der Waals surface area contributed by atoms with Crippen LogP contribution >= 0.6 is 0 Å². The summed E-state index contributed by atoms with van der Waals surface area (Å²) in [4.78, 5) is 12.2. The summed E-state index contributed by atoms with van der Waals surface area (Å²) in [7, 11) is -3.18. The third kappa shape index (κ3) is 3.58. The molecule has 1 aromatic rings. The monoisotopic (exact) mass is 341 g/mol. The van der Waals surface area contributed by atoms with Gasteiger partial charge in [0.25, 0.3) is 5.91 Å². The molecule has 8 heteroatoms. The highest BCUT2D eigenvalue weighted by atomic mass is 32.2. The highest BCUT2D eigenvalue weighted by Gasteiger charge is 2.34. The first-order valence-electron chi connectivity index (χ1n) is 8.17. The van der Waals surface area contributed by atoms with Gasteiger partial charge in [-0.15, -0.1) is 0 Å². The summed E-state index contributed by atoms with van der Waals surface area (Å²) < 4.78 is 30.7. The van der Waals surface area contributed by atoms with E-state index in [1.807, 2.05) is 6.92 Å². The molecule has 0 aromatic carbocycles. The summed E-state index contributed by atoms with van der Waals surface area (Å²) in [6, 6.07) is 1.56. The minimum absolute atomic E-state index is 0.0399. The molecule has 1 aromatic heterocycles. The van der Waals surface area contributed by atoms with E-state index >= 15 is 0 Å². The van der Waals surface area contributed by atoms with Crippen molar-refractivity contribution in [3.05, 3.63) is 17.5 Å². The highest BCUT2D eigenvalue weighted by molar-refractivity contribution is 7.89. The fraction of sp³-hybridized carbons (Fsp3) is 0.733. The predicted octanol–water partition coefficient (Wildman–Crippen LogP) is 1.48. The van der Waals surface area contributed by atoms with Gasteiger partial charge in [-0.1, -0.05) is 5.16 Å². The van der Waals surface area contributed by atoms with Crippen molar-refractivity contribution in [2.45, 2.75) is 57.5 Å². The first kappa shape index (κ1) is 16.4. The second-order valence-corrected chi connectivity index (χ2v) is 8.65. The van der Waals surface area contributed by atoms with Gasteiger partial charge in [-0.05, 0) is 39.5 Å². The maximum atomic E-state index is 12.2. The Bertz CT molecular complexity index is 681. The van der Waals surface area contributed by atoms with Gasteiger partial charge in [0, 0.05) is 30.6 Å². The van der Waals surface area contributed by atoms with Crippen molar-refractivity contribution in [1.29, 1.82) is 0 Å². The summed E-state index contributed by atoms with van der Waals surface area (Å²) >= 11 is 0. The van der Waals surface area contributed by atoms with Gasteiger partial charge in [-0.3, -0.25) is 4.79 Å². The molecule has 7 nitrogen and oxygen atoms in total. The number of rotatable bonds is 5. The molecule has 2 aliphatic rings. The summed E-state index contributed by atoms with van der Waals surface area (Å²) in [6.07, 6.45) is 3.41. The standard InChI is InChI=1S/C15H23N3O4S/c1-3-23(20,21)18-7-6-12(8-10(18)2)16-15(19)13-9-14(22-17-13)11-4-5-11/h9-12H,3-8H2,1-2H3,(H,16,19)/t10-,12+/m1/s1. The van der Waals surface area contributed by atoms with Crippen molar-refractivity contribution < 1.29 is 17.7 Å². The molecule has 2 fully saturated rings. The smallest absolute Gasteiger partial charge is 0.273 e. The number of carbonyl (C=O) groups is 1. The van der Waals surface area contributed by atoms with E-state index in [0.29, 0.717) is 31.0 Å². The van der Waals surface area contributed by atoms with Crippen LogP contribution < -0.4 is 5.32 Å². The first-order valence-corrected chi connectivity index (χ1v) is 9.78. The van der Waals surface area contributed by atoms with Crippen LogP contribution in [0, 0.1) is 0 Å². The zero-order valence-corrected chi connectivity index (χ0v) is 14.3. The molecule has 1 N–H and O–H groups in total. The Balaban J connectivity index is 1.57. The Morgan fingerprint density at radius 3 is 2.78 bits per heavy atom. The minimum atomic E-state index is -3.18. The molecule has 1 aliphatic carbocycles. The molecule has 2 atom stereocenters. The van der Waals surface area contributed by atoms with Crippen molar-refractivity contribution >= 4 is 15.9 Å². The van der Waals surface area contributed by atoms with Gasteiger partial charge in [0.15, 0.2) is 5.69 Å². The van der Waals surface area contributed by atoms with Gasteiger partial charge in [-0.25, -0.2) is 8.42 Å². The summed E-state index contributed by atoms with van der Waals surface area (Å²) in [5, 5.41) is 6.78. The first-order chi connectivity index (χ1) is 10.9. The molecule has 0 unspecified atom stereocenters.